The molecule has 0 amide bonds. The van der Waals surface area contributed by atoms with Crippen LogP contribution in [0.5, 0.6) is 5.75 Å². The van der Waals surface area contributed by atoms with Crippen molar-refractivity contribution in [3.63, 3.8) is 0 Å². The second-order valence-corrected chi connectivity index (χ2v) is 7.72. The normalized spacial score (nSPS) is 12.2. The van der Waals surface area contributed by atoms with Gasteiger partial charge in [-0.05, 0) is 55.0 Å². The molecule has 7 heteroatoms. The van der Waals surface area contributed by atoms with E-state index < -0.39 is 6.10 Å². The molecule has 0 fully saturated rings. The summed E-state index contributed by atoms with van der Waals surface area (Å²) in [5.41, 5.74) is 3.60. The molecule has 1 aromatic carbocycles. The molecule has 3 aromatic heterocycles. The maximum absolute atomic E-state index is 11.4. The Kier molecular flexibility index (Phi) is 5.88. The van der Waals surface area contributed by atoms with Crippen molar-refractivity contribution in [1.29, 1.82) is 0 Å². The van der Waals surface area contributed by atoms with E-state index in [1.807, 2.05) is 31.3 Å². The largest absolute Gasteiger partial charge is 0.491 e. The fourth-order valence-electron chi connectivity index (χ4n) is 3.45. The number of aromatic nitrogens is 3. The Morgan fingerprint density at radius 2 is 2.07 bits per heavy atom. The van der Waals surface area contributed by atoms with E-state index in [0.29, 0.717) is 23.7 Å². The highest BCUT2D eigenvalue weighted by Gasteiger charge is 2.14. The molecule has 30 heavy (non-hydrogen) atoms. The van der Waals surface area contributed by atoms with Crippen molar-refractivity contribution in [1.82, 2.24) is 14.5 Å². The van der Waals surface area contributed by atoms with E-state index in [0.717, 1.165) is 27.9 Å². The molecule has 1 atom stereocenters. The van der Waals surface area contributed by atoms with Gasteiger partial charge in [0.15, 0.2) is 0 Å². The Labute approximate surface area is 178 Å². The van der Waals surface area contributed by atoms with Gasteiger partial charge in [-0.1, -0.05) is 11.6 Å². The van der Waals surface area contributed by atoms with Crippen LogP contribution in [0.15, 0.2) is 65.7 Å². The number of hydrogen-bond acceptors (Lipinski definition) is 4. The summed E-state index contributed by atoms with van der Waals surface area (Å²) < 4.78 is 7.86. The minimum absolute atomic E-state index is 0.141. The predicted octanol–water partition coefficient (Wildman–Crippen LogP) is 3.72. The lowest BCUT2D eigenvalue weighted by Gasteiger charge is -2.16. The van der Waals surface area contributed by atoms with E-state index in [-0.39, 0.29) is 12.2 Å². The Balaban J connectivity index is 1.42. The zero-order chi connectivity index (χ0) is 21.1. The Bertz CT molecular complexity index is 1230. The first-order chi connectivity index (χ1) is 14.5. The zero-order valence-corrected chi connectivity index (χ0v) is 17.3. The maximum atomic E-state index is 11.4. The van der Waals surface area contributed by atoms with Crippen molar-refractivity contribution < 1.29 is 9.84 Å². The maximum Gasteiger partial charge on any atom is 0.248 e. The van der Waals surface area contributed by atoms with Gasteiger partial charge in [-0.25, -0.2) is 0 Å². The average molecular weight is 424 g/mol. The lowest BCUT2D eigenvalue weighted by molar-refractivity contribution is 0.106. The van der Waals surface area contributed by atoms with Gasteiger partial charge in [-0.2, -0.15) is 0 Å². The van der Waals surface area contributed by atoms with E-state index in [4.69, 9.17) is 16.3 Å². The topological polar surface area (TPSA) is 80.1 Å². The fraction of sp³-hybridized carbons (Fsp3) is 0.217. The molecule has 0 aliphatic rings. The van der Waals surface area contributed by atoms with Crippen molar-refractivity contribution >= 4 is 22.5 Å². The highest BCUT2D eigenvalue weighted by Crippen LogP contribution is 2.20. The standard InChI is InChI=1S/C23H22ClN3O3/c1-15-7-9-27(13-18-11-17(24)6-8-25-18)22(15)12-19(28)14-30-20-3-4-21-16(10-20)2-5-23(29)26-21/h2-11,19,28H,12-14H2,1H3,(H,26,29). The number of halogens is 1. The summed E-state index contributed by atoms with van der Waals surface area (Å²) >= 11 is 6.06. The second kappa shape index (κ2) is 8.73. The molecule has 4 aromatic rings. The SMILES string of the molecule is Cc1ccn(Cc2cc(Cl)ccn2)c1CC(O)COc1ccc2[nH]c(=O)ccc2c1. The van der Waals surface area contributed by atoms with Crippen LogP contribution in [0.4, 0.5) is 0 Å². The Morgan fingerprint density at radius 3 is 2.90 bits per heavy atom. The predicted molar refractivity (Wildman–Crippen MR) is 117 cm³/mol. The first-order valence-electron chi connectivity index (χ1n) is 9.67. The number of H-pyrrole nitrogens is 1. The minimum Gasteiger partial charge on any atom is -0.491 e. The van der Waals surface area contributed by atoms with Crippen molar-refractivity contribution in [2.45, 2.75) is 26.0 Å². The number of aliphatic hydroxyl groups is 1. The molecular weight excluding hydrogens is 402 g/mol. The van der Waals surface area contributed by atoms with Crippen LogP contribution in [0.2, 0.25) is 5.02 Å². The van der Waals surface area contributed by atoms with Gasteiger partial charge in [0.2, 0.25) is 5.56 Å². The van der Waals surface area contributed by atoms with Gasteiger partial charge in [0.25, 0.3) is 0 Å². The molecule has 3 heterocycles. The summed E-state index contributed by atoms with van der Waals surface area (Å²) in [6.45, 7) is 2.77. The summed E-state index contributed by atoms with van der Waals surface area (Å²) in [5.74, 6) is 0.642. The summed E-state index contributed by atoms with van der Waals surface area (Å²) in [6.07, 6.45) is 3.47. The first kappa shape index (κ1) is 20.2. The highest BCUT2D eigenvalue weighted by atomic mass is 35.5. The molecule has 0 saturated heterocycles. The fourth-order valence-corrected chi connectivity index (χ4v) is 3.63. The van der Waals surface area contributed by atoms with Gasteiger partial charge in [0.05, 0.1) is 18.3 Å². The number of aliphatic hydroxyl groups excluding tert-OH is 1. The summed E-state index contributed by atoms with van der Waals surface area (Å²) in [6, 6.07) is 14.3. The van der Waals surface area contributed by atoms with Gasteiger partial charge >= 0.3 is 0 Å². The number of ether oxygens (including phenoxy) is 1. The molecule has 0 spiro atoms. The van der Waals surface area contributed by atoms with Crippen molar-refractivity contribution in [2.75, 3.05) is 6.61 Å². The molecule has 1 unspecified atom stereocenters. The number of nitrogens with zero attached hydrogens (tertiary/aromatic N) is 2. The lowest BCUT2D eigenvalue weighted by Crippen LogP contribution is -2.22. The molecule has 6 nitrogen and oxygen atoms in total. The zero-order valence-electron chi connectivity index (χ0n) is 16.5. The van der Waals surface area contributed by atoms with Gasteiger partial charge in [0.1, 0.15) is 12.4 Å². The molecule has 0 saturated carbocycles. The van der Waals surface area contributed by atoms with Crippen LogP contribution in [0.25, 0.3) is 10.9 Å². The van der Waals surface area contributed by atoms with Gasteiger partial charge in [-0.3, -0.25) is 9.78 Å². The van der Waals surface area contributed by atoms with E-state index in [1.54, 1.807) is 30.5 Å². The third kappa shape index (κ3) is 4.72. The highest BCUT2D eigenvalue weighted by molar-refractivity contribution is 6.30. The van der Waals surface area contributed by atoms with Gasteiger partial charge < -0.3 is 19.4 Å². The number of nitrogens with one attached hydrogen (secondary N) is 1. The van der Waals surface area contributed by atoms with E-state index >= 15 is 0 Å². The Hall–Kier alpha value is -3.09. The molecule has 0 radical (unpaired) electrons. The average Bonchev–Trinajstić information content (AvgIpc) is 3.05. The number of hydrogen-bond donors (Lipinski definition) is 2. The van der Waals surface area contributed by atoms with Crippen LogP contribution >= 0.6 is 11.6 Å². The molecule has 0 bridgehead atoms. The van der Waals surface area contributed by atoms with E-state index in [2.05, 4.69) is 14.5 Å². The lowest BCUT2D eigenvalue weighted by atomic mass is 10.1. The van der Waals surface area contributed by atoms with E-state index in [1.165, 1.54) is 6.07 Å². The monoisotopic (exact) mass is 423 g/mol. The summed E-state index contributed by atoms with van der Waals surface area (Å²) in [7, 11) is 0. The summed E-state index contributed by atoms with van der Waals surface area (Å²) in [5, 5.41) is 12.1. The van der Waals surface area contributed by atoms with Crippen LogP contribution in [0, 0.1) is 6.92 Å². The number of aromatic amines is 1. The molecule has 154 valence electrons. The number of rotatable bonds is 7. The van der Waals surface area contributed by atoms with Crippen LogP contribution < -0.4 is 10.3 Å². The summed E-state index contributed by atoms with van der Waals surface area (Å²) in [4.78, 5) is 18.5. The van der Waals surface area contributed by atoms with Crippen LogP contribution in [0.1, 0.15) is 17.0 Å². The van der Waals surface area contributed by atoms with Crippen LogP contribution in [0.3, 0.4) is 0 Å². The van der Waals surface area contributed by atoms with Crippen LogP contribution in [-0.2, 0) is 13.0 Å². The number of pyridine rings is 2. The third-order valence-electron chi connectivity index (χ3n) is 4.98. The molecule has 0 aliphatic heterocycles. The Morgan fingerprint density at radius 1 is 1.20 bits per heavy atom. The molecular formula is C23H22ClN3O3. The quantitative estimate of drug-likeness (QED) is 0.474. The third-order valence-corrected chi connectivity index (χ3v) is 5.22. The number of fused-ring (bicyclic) bond motifs is 1. The van der Waals surface area contributed by atoms with Crippen LogP contribution in [-0.4, -0.2) is 32.4 Å². The minimum atomic E-state index is -0.670. The molecule has 0 aliphatic carbocycles. The van der Waals surface area contributed by atoms with Crippen molar-refractivity contribution in [2.24, 2.45) is 0 Å². The van der Waals surface area contributed by atoms with Gasteiger partial charge in [-0.15, -0.1) is 0 Å². The molecule has 4 rings (SSSR count). The molecule has 2 N–H and O–H groups in total. The smallest absolute Gasteiger partial charge is 0.248 e. The van der Waals surface area contributed by atoms with Crippen molar-refractivity contribution in [3.8, 4) is 5.75 Å². The number of benzene rings is 1. The van der Waals surface area contributed by atoms with Crippen molar-refractivity contribution in [3.05, 3.63) is 93.3 Å². The van der Waals surface area contributed by atoms with Gasteiger partial charge in [0, 0.05) is 46.5 Å². The van der Waals surface area contributed by atoms with E-state index in [9.17, 15) is 9.90 Å². The first-order valence-corrected chi connectivity index (χ1v) is 10.0. The number of aryl methyl sites for hydroxylation is 1. The second-order valence-electron chi connectivity index (χ2n) is 7.28.